The first-order chi connectivity index (χ1) is 9.17. The molecule has 7 heteroatoms. The molecule has 0 aliphatic carbocycles. The van der Waals surface area contributed by atoms with Gasteiger partial charge in [-0.05, 0) is 30.2 Å². The molecule has 3 N–H and O–H groups in total. The third-order valence-electron chi connectivity index (χ3n) is 2.65. The van der Waals surface area contributed by atoms with Crippen LogP contribution < -0.4 is 15.8 Å². The minimum atomic E-state index is -4.73. The zero-order valence-corrected chi connectivity index (χ0v) is 11.2. The molecule has 0 saturated heterocycles. The maximum absolute atomic E-state index is 12.0. The van der Waals surface area contributed by atoms with Crippen LogP contribution >= 0.6 is 0 Å². The quantitative estimate of drug-likeness (QED) is 0.876. The number of nitrogens with one attached hydrogen (secondary N) is 1. The molecule has 1 amide bonds. The van der Waals surface area contributed by atoms with Crippen molar-refractivity contribution in [1.82, 2.24) is 0 Å². The van der Waals surface area contributed by atoms with E-state index in [-0.39, 0.29) is 30.0 Å². The lowest BCUT2D eigenvalue weighted by Gasteiger charge is -2.15. The predicted octanol–water partition coefficient (Wildman–Crippen LogP) is 2.90. The predicted molar refractivity (Wildman–Crippen MR) is 69.2 cm³/mol. The minimum absolute atomic E-state index is 0.151. The smallest absolute Gasteiger partial charge is 0.406 e. The van der Waals surface area contributed by atoms with Crippen molar-refractivity contribution in [3.8, 4) is 5.75 Å². The van der Waals surface area contributed by atoms with Crippen LogP contribution in [0.1, 0.15) is 20.3 Å². The number of benzene rings is 1. The van der Waals surface area contributed by atoms with Crippen molar-refractivity contribution in [2.24, 2.45) is 11.7 Å². The summed E-state index contributed by atoms with van der Waals surface area (Å²) in [5.74, 6) is -0.451. The molecule has 0 spiro atoms. The van der Waals surface area contributed by atoms with Gasteiger partial charge in [-0.25, -0.2) is 0 Å². The Balaban J connectivity index is 2.55. The highest BCUT2D eigenvalue weighted by Crippen LogP contribution is 2.24. The number of hydrogen-bond acceptors (Lipinski definition) is 3. The van der Waals surface area contributed by atoms with E-state index in [4.69, 9.17) is 5.73 Å². The third kappa shape index (κ3) is 5.92. The maximum Gasteiger partial charge on any atom is 0.573 e. The highest BCUT2D eigenvalue weighted by atomic mass is 19.4. The Bertz CT molecular complexity index is 444. The Morgan fingerprint density at radius 2 is 1.85 bits per heavy atom. The normalized spacial score (nSPS) is 13.2. The third-order valence-corrected chi connectivity index (χ3v) is 2.65. The van der Waals surface area contributed by atoms with E-state index < -0.39 is 6.36 Å². The summed E-state index contributed by atoms with van der Waals surface area (Å²) in [4.78, 5) is 11.6. The molecule has 112 valence electrons. The molecule has 0 heterocycles. The minimum Gasteiger partial charge on any atom is -0.406 e. The molecule has 1 aromatic carbocycles. The molecule has 0 saturated carbocycles. The van der Waals surface area contributed by atoms with Gasteiger partial charge in [0.15, 0.2) is 0 Å². The molecule has 0 bridgehead atoms. The van der Waals surface area contributed by atoms with Gasteiger partial charge >= 0.3 is 6.36 Å². The maximum atomic E-state index is 12.0. The van der Waals surface area contributed by atoms with Crippen LogP contribution in [-0.2, 0) is 4.79 Å². The van der Waals surface area contributed by atoms with Gasteiger partial charge in [0.2, 0.25) is 5.91 Å². The topological polar surface area (TPSA) is 64.4 Å². The molecule has 1 rings (SSSR count). The van der Waals surface area contributed by atoms with Gasteiger partial charge < -0.3 is 15.8 Å². The molecular weight excluding hydrogens is 273 g/mol. The SMILES string of the molecule is CC(C)C(N)CC(=O)Nc1ccc(OC(F)(F)F)cc1. The first-order valence-corrected chi connectivity index (χ1v) is 6.08. The fraction of sp³-hybridized carbons (Fsp3) is 0.462. The molecule has 0 aliphatic rings. The van der Waals surface area contributed by atoms with Crippen molar-refractivity contribution < 1.29 is 22.7 Å². The monoisotopic (exact) mass is 290 g/mol. The van der Waals surface area contributed by atoms with Crippen LogP contribution in [0.15, 0.2) is 24.3 Å². The van der Waals surface area contributed by atoms with E-state index in [0.29, 0.717) is 5.69 Å². The second-order valence-corrected chi connectivity index (χ2v) is 4.73. The molecule has 0 aromatic heterocycles. The Morgan fingerprint density at radius 1 is 1.30 bits per heavy atom. The zero-order chi connectivity index (χ0) is 15.3. The van der Waals surface area contributed by atoms with Crippen molar-refractivity contribution in [2.75, 3.05) is 5.32 Å². The van der Waals surface area contributed by atoms with Crippen LogP contribution in [0.2, 0.25) is 0 Å². The van der Waals surface area contributed by atoms with Crippen LogP contribution in [0.25, 0.3) is 0 Å². The molecule has 0 radical (unpaired) electrons. The zero-order valence-electron chi connectivity index (χ0n) is 11.2. The summed E-state index contributed by atoms with van der Waals surface area (Å²) in [6.45, 7) is 3.81. The number of carbonyl (C=O) groups excluding carboxylic acids is 1. The average Bonchev–Trinajstić information content (AvgIpc) is 2.29. The van der Waals surface area contributed by atoms with E-state index in [2.05, 4.69) is 10.1 Å². The number of hydrogen-bond donors (Lipinski definition) is 2. The second kappa shape index (κ2) is 6.60. The van der Waals surface area contributed by atoms with Crippen molar-refractivity contribution in [2.45, 2.75) is 32.7 Å². The van der Waals surface area contributed by atoms with Crippen molar-refractivity contribution in [1.29, 1.82) is 0 Å². The number of alkyl halides is 3. The summed E-state index contributed by atoms with van der Waals surface area (Å²) in [5.41, 5.74) is 6.15. The van der Waals surface area contributed by atoms with E-state index in [0.717, 1.165) is 12.1 Å². The highest BCUT2D eigenvalue weighted by molar-refractivity contribution is 5.91. The summed E-state index contributed by atoms with van der Waals surface area (Å²) >= 11 is 0. The standard InChI is InChI=1S/C13H17F3N2O2/c1-8(2)11(17)7-12(19)18-9-3-5-10(6-4-9)20-13(14,15)16/h3-6,8,11H,7,17H2,1-2H3,(H,18,19). The molecule has 1 atom stereocenters. The molecule has 0 fully saturated rings. The van der Waals surface area contributed by atoms with Crippen LogP contribution in [-0.4, -0.2) is 18.3 Å². The van der Waals surface area contributed by atoms with E-state index in [1.165, 1.54) is 12.1 Å². The van der Waals surface area contributed by atoms with Gasteiger partial charge in [-0.15, -0.1) is 13.2 Å². The molecule has 1 unspecified atom stereocenters. The first kappa shape index (κ1) is 16.3. The number of ether oxygens (including phenoxy) is 1. The molecular formula is C13H17F3N2O2. The Hall–Kier alpha value is -1.76. The number of anilines is 1. The summed E-state index contributed by atoms with van der Waals surface area (Å²) in [6, 6.07) is 4.67. The lowest BCUT2D eigenvalue weighted by atomic mass is 10.0. The fourth-order valence-electron chi connectivity index (χ4n) is 1.40. The highest BCUT2D eigenvalue weighted by Gasteiger charge is 2.30. The van der Waals surface area contributed by atoms with Crippen molar-refractivity contribution >= 4 is 11.6 Å². The number of nitrogens with two attached hydrogens (primary N) is 1. The first-order valence-electron chi connectivity index (χ1n) is 6.08. The Morgan fingerprint density at radius 3 is 2.30 bits per heavy atom. The van der Waals surface area contributed by atoms with Crippen LogP contribution in [0.4, 0.5) is 18.9 Å². The molecule has 1 aromatic rings. The van der Waals surface area contributed by atoms with Gasteiger partial charge in [-0.2, -0.15) is 0 Å². The van der Waals surface area contributed by atoms with Crippen LogP contribution in [0, 0.1) is 5.92 Å². The van der Waals surface area contributed by atoms with Gasteiger partial charge in [-0.1, -0.05) is 13.8 Å². The number of amides is 1. The largest absolute Gasteiger partial charge is 0.573 e. The summed E-state index contributed by atoms with van der Waals surface area (Å²) in [5, 5.41) is 2.56. The summed E-state index contributed by atoms with van der Waals surface area (Å²) in [6.07, 6.45) is -4.58. The fourth-order valence-corrected chi connectivity index (χ4v) is 1.40. The second-order valence-electron chi connectivity index (χ2n) is 4.73. The summed E-state index contributed by atoms with van der Waals surface area (Å²) in [7, 11) is 0. The lowest BCUT2D eigenvalue weighted by molar-refractivity contribution is -0.274. The average molecular weight is 290 g/mol. The van der Waals surface area contributed by atoms with Crippen molar-refractivity contribution in [3.63, 3.8) is 0 Å². The Labute approximate surface area is 115 Å². The van der Waals surface area contributed by atoms with Crippen molar-refractivity contribution in [3.05, 3.63) is 24.3 Å². The number of rotatable bonds is 5. The van der Waals surface area contributed by atoms with Gasteiger partial charge in [0, 0.05) is 18.2 Å². The van der Waals surface area contributed by atoms with Gasteiger partial charge in [-0.3, -0.25) is 4.79 Å². The van der Waals surface area contributed by atoms with E-state index >= 15 is 0 Å². The summed E-state index contributed by atoms with van der Waals surface area (Å²) < 4.78 is 39.6. The van der Waals surface area contributed by atoms with Gasteiger partial charge in [0.1, 0.15) is 5.75 Å². The molecule has 0 aliphatic heterocycles. The lowest BCUT2D eigenvalue weighted by Crippen LogP contribution is -2.31. The van der Waals surface area contributed by atoms with Crippen LogP contribution in [0.3, 0.4) is 0 Å². The number of halogens is 3. The number of carbonyl (C=O) groups is 1. The Kier molecular flexibility index (Phi) is 5.38. The van der Waals surface area contributed by atoms with E-state index in [9.17, 15) is 18.0 Å². The molecule has 20 heavy (non-hydrogen) atoms. The van der Waals surface area contributed by atoms with Gasteiger partial charge in [0.05, 0.1) is 0 Å². The van der Waals surface area contributed by atoms with E-state index in [1.807, 2.05) is 13.8 Å². The van der Waals surface area contributed by atoms with E-state index in [1.54, 1.807) is 0 Å². The van der Waals surface area contributed by atoms with Gasteiger partial charge in [0.25, 0.3) is 0 Å². The van der Waals surface area contributed by atoms with Crippen LogP contribution in [0.5, 0.6) is 5.75 Å². The molecule has 4 nitrogen and oxygen atoms in total.